The van der Waals surface area contributed by atoms with Gasteiger partial charge in [0, 0.05) is 37.3 Å². The predicted molar refractivity (Wildman–Crippen MR) is 136 cm³/mol. The van der Waals surface area contributed by atoms with Crippen LogP contribution in [-0.2, 0) is 22.3 Å². The average molecular weight is 584 g/mol. The van der Waals surface area contributed by atoms with Crippen LogP contribution in [0.5, 0.6) is 0 Å². The second-order valence-corrected chi connectivity index (χ2v) is 10.1. The van der Waals surface area contributed by atoms with Gasteiger partial charge in [-0.15, -0.1) is 10.2 Å². The topological polar surface area (TPSA) is 74.9 Å². The van der Waals surface area contributed by atoms with Gasteiger partial charge in [0.1, 0.15) is 5.82 Å². The number of aromatic nitrogens is 2. The number of nitrogens with zero attached hydrogens (tertiary/aromatic N) is 5. The van der Waals surface area contributed by atoms with E-state index in [4.69, 9.17) is 9.15 Å². The number of hydrogen-bond donors (Lipinski definition) is 0. The van der Waals surface area contributed by atoms with Crippen LogP contribution in [0.15, 0.2) is 40.8 Å². The van der Waals surface area contributed by atoms with Crippen LogP contribution in [0.1, 0.15) is 36.3 Å². The van der Waals surface area contributed by atoms with Crippen molar-refractivity contribution in [1.82, 2.24) is 15.1 Å². The summed E-state index contributed by atoms with van der Waals surface area (Å²) in [6.07, 6.45) is -5.76. The summed E-state index contributed by atoms with van der Waals surface area (Å²) in [7, 11) is 1.77. The fourth-order valence-corrected chi connectivity index (χ4v) is 5.11. The minimum Gasteiger partial charge on any atom is -0.415 e. The zero-order valence-electron chi connectivity index (χ0n) is 22.0. The van der Waals surface area contributed by atoms with Gasteiger partial charge in [-0.2, -0.15) is 22.0 Å². The highest BCUT2D eigenvalue weighted by Crippen LogP contribution is 2.39. The molecule has 8 nitrogen and oxygen atoms in total. The minimum atomic E-state index is -4.66. The van der Waals surface area contributed by atoms with Gasteiger partial charge < -0.3 is 19.0 Å². The van der Waals surface area contributed by atoms with Gasteiger partial charge in [-0.05, 0) is 43.2 Å². The first-order valence-corrected chi connectivity index (χ1v) is 12.9. The van der Waals surface area contributed by atoms with Crippen LogP contribution in [0.4, 0.5) is 37.7 Å². The molecular formula is C27H27F6N5O3. The molecule has 3 aromatic rings. The molecular weight excluding hydrogens is 556 g/mol. The number of hydrogen-bond acceptors (Lipinski definition) is 7. The Balaban J connectivity index is 1.40. The van der Waals surface area contributed by atoms with Gasteiger partial charge in [0.2, 0.25) is 12.3 Å². The smallest absolute Gasteiger partial charge is 0.415 e. The molecule has 2 fully saturated rings. The van der Waals surface area contributed by atoms with Crippen LogP contribution in [0.25, 0.3) is 11.5 Å². The first-order chi connectivity index (χ1) is 19.5. The number of ether oxygens (including phenoxy) is 1. The molecule has 1 aromatic heterocycles. The number of rotatable bonds is 9. The Hall–Kier alpha value is -3.65. The Morgan fingerprint density at radius 1 is 1.07 bits per heavy atom. The third kappa shape index (κ3) is 6.17. The second-order valence-electron chi connectivity index (χ2n) is 10.1. The Labute approximate surface area is 231 Å². The van der Waals surface area contributed by atoms with E-state index in [0.717, 1.165) is 49.0 Å². The molecule has 3 heterocycles. The normalized spacial score (nSPS) is 17.1. The molecule has 2 aromatic carbocycles. The van der Waals surface area contributed by atoms with Crippen LogP contribution >= 0.6 is 0 Å². The second kappa shape index (κ2) is 11.7. The molecule has 0 N–H and O–H groups in total. The highest BCUT2D eigenvalue weighted by molar-refractivity contribution is 5.84. The van der Waals surface area contributed by atoms with Gasteiger partial charge >= 0.3 is 12.6 Å². The number of likely N-dealkylation sites (tertiary alicyclic amines) is 1. The van der Waals surface area contributed by atoms with Crippen LogP contribution < -0.4 is 9.80 Å². The van der Waals surface area contributed by atoms with E-state index in [1.54, 1.807) is 7.05 Å². The van der Waals surface area contributed by atoms with Crippen LogP contribution in [-0.4, -0.2) is 66.9 Å². The molecule has 0 saturated carbocycles. The summed E-state index contributed by atoms with van der Waals surface area (Å²) in [5, 5.41) is 6.69. The van der Waals surface area contributed by atoms with Crippen molar-refractivity contribution < 1.29 is 40.3 Å². The maximum atomic E-state index is 15.1. The first-order valence-electron chi connectivity index (χ1n) is 12.9. The summed E-state index contributed by atoms with van der Waals surface area (Å²) in [6.45, 7) is 2.63. The zero-order chi connectivity index (χ0) is 29.3. The molecule has 0 unspecified atom stereocenters. The van der Waals surface area contributed by atoms with Gasteiger partial charge in [0.05, 0.1) is 42.7 Å². The molecule has 0 atom stereocenters. The van der Waals surface area contributed by atoms with Crippen LogP contribution in [0, 0.1) is 5.82 Å². The van der Waals surface area contributed by atoms with E-state index < -0.39 is 29.9 Å². The van der Waals surface area contributed by atoms with Crippen molar-refractivity contribution in [2.75, 3.05) is 43.2 Å². The van der Waals surface area contributed by atoms with E-state index in [0.29, 0.717) is 31.4 Å². The molecule has 220 valence electrons. The van der Waals surface area contributed by atoms with Crippen molar-refractivity contribution in [3.05, 3.63) is 59.2 Å². The number of carbonyl (C=O) groups excluding carboxylic acids is 1. The van der Waals surface area contributed by atoms with Crippen molar-refractivity contribution >= 4 is 17.8 Å². The standard InChI is InChI=1S/C27H27F6N5O3/c1-36(19-6-8-37(9-7-19)20-13-40-14-20)22-5-4-18(27(31,32)33)11-23(22)38(15-39)12-17-3-2-16(10-21(17)28)25-34-35-26(41-25)24(29)30/h2-5,10-11,15,19-20,24H,6-9,12-14H2,1H3. The number of anilines is 2. The van der Waals surface area contributed by atoms with Crippen molar-refractivity contribution in [3.8, 4) is 11.5 Å². The largest absolute Gasteiger partial charge is 0.416 e. The van der Waals surface area contributed by atoms with Crippen molar-refractivity contribution in [2.24, 2.45) is 0 Å². The van der Waals surface area contributed by atoms with Crippen molar-refractivity contribution in [1.29, 1.82) is 0 Å². The summed E-state index contributed by atoms with van der Waals surface area (Å²) in [5.41, 5.74) is -0.551. The van der Waals surface area contributed by atoms with Crippen molar-refractivity contribution in [2.45, 2.75) is 44.1 Å². The van der Waals surface area contributed by atoms with E-state index in [1.165, 1.54) is 18.2 Å². The molecule has 2 aliphatic heterocycles. The highest BCUT2D eigenvalue weighted by atomic mass is 19.4. The maximum absolute atomic E-state index is 15.1. The summed E-state index contributed by atoms with van der Waals surface area (Å²) in [5.74, 6) is -2.07. The third-order valence-corrected chi connectivity index (χ3v) is 7.57. The quantitative estimate of drug-likeness (QED) is 0.250. The van der Waals surface area contributed by atoms with E-state index in [2.05, 4.69) is 15.1 Å². The van der Waals surface area contributed by atoms with Gasteiger partial charge in [0.25, 0.3) is 5.89 Å². The number of alkyl halides is 5. The molecule has 1 amide bonds. The summed E-state index contributed by atoms with van der Waals surface area (Å²) in [6, 6.07) is 7.18. The van der Waals surface area contributed by atoms with Gasteiger partial charge in [-0.1, -0.05) is 6.07 Å². The molecule has 5 rings (SSSR count). The summed E-state index contributed by atoms with van der Waals surface area (Å²) in [4.78, 5) is 17.5. The monoisotopic (exact) mass is 583 g/mol. The van der Waals surface area contributed by atoms with Gasteiger partial charge in [-0.3, -0.25) is 9.69 Å². The number of benzene rings is 2. The molecule has 2 aliphatic rings. The number of amides is 1. The SMILES string of the molecule is CN(c1ccc(C(F)(F)F)cc1N(C=O)Cc1ccc(-c2nnc(C(F)F)o2)cc1F)C1CCN(C2COC2)CC1. The van der Waals surface area contributed by atoms with E-state index in [1.807, 2.05) is 4.90 Å². The lowest BCUT2D eigenvalue weighted by molar-refractivity contribution is -0.137. The summed E-state index contributed by atoms with van der Waals surface area (Å²) >= 11 is 0. The summed E-state index contributed by atoms with van der Waals surface area (Å²) < 4.78 is 91.7. The van der Waals surface area contributed by atoms with Crippen LogP contribution in [0.3, 0.4) is 0 Å². The Bertz CT molecular complexity index is 1370. The van der Waals surface area contributed by atoms with Crippen molar-refractivity contribution in [3.63, 3.8) is 0 Å². The Morgan fingerprint density at radius 3 is 2.37 bits per heavy atom. The molecule has 0 bridgehead atoms. The first kappa shape index (κ1) is 28.9. The third-order valence-electron chi connectivity index (χ3n) is 7.57. The minimum absolute atomic E-state index is 0.0137. The highest BCUT2D eigenvalue weighted by Gasteiger charge is 2.34. The lowest BCUT2D eigenvalue weighted by atomic mass is 9.99. The Morgan fingerprint density at radius 2 is 1.80 bits per heavy atom. The fraction of sp³-hybridized carbons (Fsp3) is 0.444. The lowest BCUT2D eigenvalue weighted by Crippen LogP contribution is -2.54. The molecule has 2 saturated heterocycles. The predicted octanol–water partition coefficient (Wildman–Crippen LogP) is 5.29. The van der Waals surface area contributed by atoms with E-state index in [-0.39, 0.29) is 35.3 Å². The van der Waals surface area contributed by atoms with Gasteiger partial charge in [0.15, 0.2) is 0 Å². The molecule has 41 heavy (non-hydrogen) atoms. The average Bonchev–Trinajstić information content (AvgIpc) is 3.42. The maximum Gasteiger partial charge on any atom is 0.416 e. The fourth-order valence-electron chi connectivity index (χ4n) is 5.11. The van der Waals surface area contributed by atoms with E-state index >= 15 is 4.39 Å². The zero-order valence-corrected chi connectivity index (χ0v) is 22.0. The molecule has 14 heteroatoms. The number of halogens is 6. The number of carbonyl (C=O) groups is 1. The lowest BCUT2D eigenvalue weighted by Gasteiger charge is -2.44. The molecule has 0 spiro atoms. The van der Waals surface area contributed by atoms with Crippen LogP contribution in [0.2, 0.25) is 0 Å². The molecule has 0 radical (unpaired) electrons. The molecule has 0 aliphatic carbocycles. The number of piperidine rings is 1. The van der Waals surface area contributed by atoms with E-state index in [9.17, 15) is 26.7 Å². The Kier molecular flexibility index (Phi) is 8.23. The van der Waals surface area contributed by atoms with Gasteiger partial charge in [-0.25, -0.2) is 4.39 Å².